The third-order valence-corrected chi connectivity index (χ3v) is 6.00. The van der Waals surface area contributed by atoms with Crippen molar-refractivity contribution < 1.29 is 19.4 Å². The van der Waals surface area contributed by atoms with Crippen molar-refractivity contribution in [2.45, 2.75) is 65.1 Å². The Bertz CT molecular complexity index is 1250. The highest BCUT2D eigenvalue weighted by Gasteiger charge is 2.26. The number of fused-ring (bicyclic) bond motifs is 2. The number of nitrogens with zero attached hydrogens (tertiary/aromatic N) is 2. The van der Waals surface area contributed by atoms with Crippen LogP contribution in [0.4, 0.5) is 4.39 Å². The number of hydrogen-bond acceptors (Lipinski definition) is 3. The molecular weight excluding hydrogens is 399 g/mol. The maximum absolute atomic E-state index is 14.2. The molecule has 3 aromatic rings. The number of aliphatic hydroxyl groups is 1. The lowest BCUT2D eigenvalue weighted by Crippen LogP contribution is -2.35. The summed E-state index contributed by atoms with van der Waals surface area (Å²) in [7, 11) is 0. The smallest absolute Gasteiger partial charge is 0.323 e. The number of rotatable bonds is 5. The minimum Gasteiger partial charge on any atom is -0.480 e. The Labute approximate surface area is 179 Å². The number of halogens is 1. The molecule has 0 saturated carbocycles. The molecule has 164 valence electrons. The number of carboxylic acids is 1. The van der Waals surface area contributed by atoms with Crippen LogP contribution < -0.4 is 5.56 Å². The fraction of sp³-hybridized carbons (Fsp3) is 0.417. The topological polar surface area (TPSA) is 84.5 Å². The lowest BCUT2D eigenvalue weighted by molar-refractivity contribution is -0.137. The number of benzene rings is 1. The zero-order valence-electron chi connectivity index (χ0n) is 18.0. The third-order valence-electron chi connectivity index (χ3n) is 6.00. The highest BCUT2D eigenvalue weighted by atomic mass is 19.1. The summed E-state index contributed by atoms with van der Waals surface area (Å²) in [6, 6.07) is 4.36. The van der Waals surface area contributed by atoms with Crippen LogP contribution in [0.3, 0.4) is 0 Å². The molecule has 1 aliphatic carbocycles. The number of hydrogen-bond donors (Lipinski definition) is 2. The standard InChI is InChI=1S/C24H27FN2O4/c1-14-22(18-10-15(25)8-9-20(18)27(14)12-21(28)29)19-11-26(13-24(2,3)31)23(30)17-7-5-4-6-16(17)19/h8-11,31H,4-7,12-13H2,1-3H3,(H,28,29). The monoisotopic (exact) mass is 426 g/mol. The Morgan fingerprint density at radius 1 is 1.19 bits per heavy atom. The van der Waals surface area contributed by atoms with Crippen LogP contribution in [-0.2, 0) is 30.7 Å². The van der Waals surface area contributed by atoms with Gasteiger partial charge in [0.15, 0.2) is 0 Å². The summed E-state index contributed by atoms with van der Waals surface area (Å²) >= 11 is 0. The molecular formula is C24H27FN2O4. The Kier molecular flexibility index (Phi) is 5.25. The van der Waals surface area contributed by atoms with Crippen molar-refractivity contribution in [3.05, 3.63) is 57.4 Å². The zero-order valence-corrected chi connectivity index (χ0v) is 18.0. The van der Waals surface area contributed by atoms with Crippen molar-refractivity contribution in [2.75, 3.05) is 0 Å². The predicted octanol–water partition coefficient (Wildman–Crippen LogP) is 3.65. The number of carbonyl (C=O) groups is 1. The van der Waals surface area contributed by atoms with E-state index in [0.29, 0.717) is 23.0 Å². The molecule has 0 bridgehead atoms. The van der Waals surface area contributed by atoms with E-state index in [9.17, 15) is 24.2 Å². The molecule has 1 aliphatic rings. The SMILES string of the molecule is Cc1c(-c2cn(CC(C)(C)O)c(=O)c3c2CCCC3)c2cc(F)ccc2n1CC(=O)O. The molecule has 1 aromatic carbocycles. The molecule has 4 rings (SSSR count). The van der Waals surface area contributed by atoms with E-state index in [1.807, 2.05) is 6.92 Å². The molecule has 31 heavy (non-hydrogen) atoms. The summed E-state index contributed by atoms with van der Waals surface area (Å²) < 4.78 is 17.4. The summed E-state index contributed by atoms with van der Waals surface area (Å²) in [5, 5.41) is 20.4. The number of aromatic nitrogens is 2. The van der Waals surface area contributed by atoms with Gasteiger partial charge in [-0.2, -0.15) is 0 Å². The predicted molar refractivity (Wildman–Crippen MR) is 117 cm³/mol. The van der Waals surface area contributed by atoms with Crippen molar-refractivity contribution in [3.63, 3.8) is 0 Å². The minimum atomic E-state index is -1.08. The Morgan fingerprint density at radius 3 is 2.52 bits per heavy atom. The van der Waals surface area contributed by atoms with E-state index >= 15 is 0 Å². The van der Waals surface area contributed by atoms with E-state index in [-0.39, 0.29) is 18.6 Å². The molecule has 0 atom stereocenters. The second-order valence-electron chi connectivity index (χ2n) is 9.05. The molecule has 0 saturated heterocycles. The van der Waals surface area contributed by atoms with Crippen LogP contribution in [0.1, 0.15) is 43.5 Å². The van der Waals surface area contributed by atoms with E-state index in [1.54, 1.807) is 35.2 Å². The molecule has 7 heteroatoms. The van der Waals surface area contributed by atoms with Crippen molar-refractivity contribution in [1.29, 1.82) is 0 Å². The van der Waals surface area contributed by atoms with Crippen molar-refractivity contribution >= 4 is 16.9 Å². The molecule has 2 heterocycles. The second kappa shape index (κ2) is 7.64. The lowest BCUT2D eigenvalue weighted by Gasteiger charge is -2.25. The van der Waals surface area contributed by atoms with E-state index in [1.165, 1.54) is 12.1 Å². The molecule has 0 radical (unpaired) electrons. The third kappa shape index (κ3) is 3.90. The van der Waals surface area contributed by atoms with Crippen molar-refractivity contribution in [2.24, 2.45) is 0 Å². The van der Waals surface area contributed by atoms with Crippen LogP contribution in [0.5, 0.6) is 0 Å². The molecule has 2 N–H and O–H groups in total. The number of aliphatic carboxylic acids is 1. The summed E-state index contributed by atoms with van der Waals surface area (Å²) in [5.41, 5.74) is 3.42. The van der Waals surface area contributed by atoms with Crippen molar-refractivity contribution in [1.82, 2.24) is 9.13 Å². The molecule has 0 unspecified atom stereocenters. The first-order valence-corrected chi connectivity index (χ1v) is 10.5. The normalized spacial score (nSPS) is 14.1. The van der Waals surface area contributed by atoms with E-state index in [0.717, 1.165) is 41.5 Å². The summed E-state index contributed by atoms with van der Waals surface area (Å²) in [6.07, 6.45) is 5.03. The Hall–Kier alpha value is -2.93. The van der Waals surface area contributed by atoms with Gasteiger partial charge < -0.3 is 19.3 Å². The van der Waals surface area contributed by atoms with Gasteiger partial charge in [0, 0.05) is 39.5 Å². The van der Waals surface area contributed by atoms with Gasteiger partial charge in [-0.3, -0.25) is 9.59 Å². The first-order valence-electron chi connectivity index (χ1n) is 10.5. The quantitative estimate of drug-likeness (QED) is 0.652. The largest absolute Gasteiger partial charge is 0.480 e. The number of pyridine rings is 1. The van der Waals surface area contributed by atoms with Gasteiger partial charge in [-0.25, -0.2) is 4.39 Å². The molecule has 0 amide bonds. The van der Waals surface area contributed by atoms with Gasteiger partial charge in [-0.1, -0.05) is 0 Å². The van der Waals surface area contributed by atoms with Gasteiger partial charge >= 0.3 is 5.97 Å². The molecule has 0 aliphatic heterocycles. The van der Waals surface area contributed by atoms with E-state index in [2.05, 4.69) is 0 Å². The second-order valence-corrected chi connectivity index (χ2v) is 9.05. The fourth-order valence-corrected chi connectivity index (χ4v) is 4.79. The van der Waals surface area contributed by atoms with E-state index < -0.39 is 17.4 Å². The molecule has 2 aromatic heterocycles. The molecule has 0 fully saturated rings. The Balaban J connectivity index is 2.07. The molecule has 0 spiro atoms. The maximum atomic E-state index is 14.2. The highest BCUT2D eigenvalue weighted by Crippen LogP contribution is 2.39. The maximum Gasteiger partial charge on any atom is 0.323 e. The van der Waals surface area contributed by atoms with Gasteiger partial charge in [-0.05, 0) is 70.2 Å². The minimum absolute atomic E-state index is 0.0984. The average Bonchev–Trinajstić information content (AvgIpc) is 2.94. The van der Waals surface area contributed by atoms with Crippen LogP contribution in [0, 0.1) is 12.7 Å². The van der Waals surface area contributed by atoms with Crippen LogP contribution in [-0.4, -0.2) is 30.9 Å². The van der Waals surface area contributed by atoms with Gasteiger partial charge in [0.2, 0.25) is 0 Å². The average molecular weight is 426 g/mol. The van der Waals surface area contributed by atoms with Crippen LogP contribution in [0.25, 0.3) is 22.0 Å². The van der Waals surface area contributed by atoms with Crippen LogP contribution >= 0.6 is 0 Å². The number of carboxylic acid groups (broad SMARTS) is 1. The van der Waals surface area contributed by atoms with Gasteiger partial charge in [0.1, 0.15) is 12.4 Å². The first kappa shape index (κ1) is 21.3. The fourth-order valence-electron chi connectivity index (χ4n) is 4.79. The van der Waals surface area contributed by atoms with Gasteiger partial charge in [0.25, 0.3) is 5.56 Å². The summed E-state index contributed by atoms with van der Waals surface area (Å²) in [6.45, 7) is 5.03. The zero-order chi connectivity index (χ0) is 22.5. The highest BCUT2D eigenvalue weighted by molar-refractivity contribution is 5.99. The Morgan fingerprint density at radius 2 is 1.87 bits per heavy atom. The van der Waals surface area contributed by atoms with Gasteiger partial charge in [0.05, 0.1) is 12.1 Å². The van der Waals surface area contributed by atoms with Crippen LogP contribution in [0.15, 0.2) is 29.2 Å². The molecule has 6 nitrogen and oxygen atoms in total. The van der Waals surface area contributed by atoms with Gasteiger partial charge in [-0.15, -0.1) is 0 Å². The van der Waals surface area contributed by atoms with Crippen molar-refractivity contribution in [3.8, 4) is 11.1 Å². The van der Waals surface area contributed by atoms with Crippen LogP contribution in [0.2, 0.25) is 0 Å². The first-order chi connectivity index (χ1) is 14.6. The van der Waals surface area contributed by atoms with E-state index in [4.69, 9.17) is 0 Å². The summed E-state index contributed by atoms with van der Waals surface area (Å²) in [5.74, 6) is -1.38. The summed E-state index contributed by atoms with van der Waals surface area (Å²) in [4.78, 5) is 24.6. The lowest BCUT2D eigenvalue weighted by atomic mass is 9.86.